The third-order valence-electron chi connectivity index (χ3n) is 3.30. The second-order valence-electron chi connectivity index (χ2n) is 4.75. The molecule has 0 aromatic heterocycles. The van der Waals surface area contributed by atoms with Crippen LogP contribution in [0.4, 0.5) is 0 Å². The van der Waals surface area contributed by atoms with Gasteiger partial charge in [-0.25, -0.2) is 0 Å². The van der Waals surface area contributed by atoms with Crippen molar-refractivity contribution in [2.24, 2.45) is 0 Å². The van der Waals surface area contributed by atoms with Crippen LogP contribution in [0.5, 0.6) is 11.5 Å². The molecule has 0 saturated carbocycles. The molecule has 19 heavy (non-hydrogen) atoms. The quantitative estimate of drug-likeness (QED) is 0.836. The number of hydrogen-bond donors (Lipinski definition) is 2. The maximum Gasteiger partial charge on any atom is 0.224 e. The van der Waals surface area contributed by atoms with Crippen molar-refractivity contribution in [2.75, 3.05) is 20.2 Å². The zero-order chi connectivity index (χ0) is 13.8. The summed E-state index contributed by atoms with van der Waals surface area (Å²) in [7, 11) is 1.80. The van der Waals surface area contributed by atoms with E-state index < -0.39 is 0 Å². The molecule has 1 saturated heterocycles. The average molecular weight is 264 g/mol. The Hall–Kier alpha value is -1.75. The Bertz CT molecular complexity index is 462. The third kappa shape index (κ3) is 3.17. The lowest BCUT2D eigenvalue weighted by Crippen LogP contribution is -2.31. The molecule has 1 amide bonds. The molecule has 5 nitrogen and oxygen atoms in total. The second-order valence-corrected chi connectivity index (χ2v) is 4.75. The Morgan fingerprint density at radius 2 is 2.32 bits per heavy atom. The molecule has 1 aliphatic heterocycles. The van der Waals surface area contributed by atoms with Crippen LogP contribution in [0.2, 0.25) is 0 Å². The SMILES string of the molecule is CCOc1cccc(CN[C@@H]2CC(=O)N(C)C2)c1O. The van der Waals surface area contributed by atoms with Crippen LogP contribution in [-0.2, 0) is 11.3 Å². The average Bonchev–Trinajstić information content (AvgIpc) is 2.70. The summed E-state index contributed by atoms with van der Waals surface area (Å²) in [4.78, 5) is 13.1. The van der Waals surface area contributed by atoms with Gasteiger partial charge in [-0.05, 0) is 13.0 Å². The summed E-state index contributed by atoms with van der Waals surface area (Å²) in [5.41, 5.74) is 0.785. The van der Waals surface area contributed by atoms with E-state index in [1.807, 2.05) is 19.1 Å². The number of nitrogens with one attached hydrogen (secondary N) is 1. The number of carbonyl (C=O) groups excluding carboxylic acids is 1. The van der Waals surface area contributed by atoms with Gasteiger partial charge in [0.05, 0.1) is 6.61 Å². The molecule has 1 aromatic carbocycles. The van der Waals surface area contributed by atoms with E-state index in [4.69, 9.17) is 4.74 Å². The number of phenolic OH excluding ortho intramolecular Hbond substituents is 1. The van der Waals surface area contributed by atoms with Crippen molar-refractivity contribution in [2.45, 2.75) is 25.9 Å². The lowest BCUT2D eigenvalue weighted by Gasteiger charge is -2.14. The number of hydrogen-bond acceptors (Lipinski definition) is 4. The van der Waals surface area contributed by atoms with Crippen molar-refractivity contribution < 1.29 is 14.6 Å². The molecule has 0 spiro atoms. The summed E-state index contributed by atoms with van der Waals surface area (Å²) in [5.74, 6) is 0.834. The first-order valence-electron chi connectivity index (χ1n) is 6.52. The predicted molar refractivity (Wildman–Crippen MR) is 72.2 cm³/mol. The number of rotatable bonds is 5. The largest absolute Gasteiger partial charge is 0.504 e. The van der Waals surface area contributed by atoms with Gasteiger partial charge in [-0.2, -0.15) is 0 Å². The van der Waals surface area contributed by atoms with Crippen molar-refractivity contribution in [3.63, 3.8) is 0 Å². The Labute approximate surface area is 113 Å². The normalized spacial score (nSPS) is 18.9. The number of amides is 1. The molecule has 2 N–H and O–H groups in total. The van der Waals surface area contributed by atoms with Gasteiger partial charge in [-0.3, -0.25) is 4.79 Å². The van der Waals surface area contributed by atoms with Crippen molar-refractivity contribution >= 4 is 5.91 Å². The zero-order valence-electron chi connectivity index (χ0n) is 11.3. The van der Waals surface area contributed by atoms with Crippen LogP contribution in [0.25, 0.3) is 0 Å². The van der Waals surface area contributed by atoms with E-state index in [2.05, 4.69) is 5.32 Å². The highest BCUT2D eigenvalue weighted by atomic mass is 16.5. The lowest BCUT2D eigenvalue weighted by atomic mass is 10.1. The van der Waals surface area contributed by atoms with Crippen LogP contribution >= 0.6 is 0 Å². The molecule has 0 bridgehead atoms. The van der Waals surface area contributed by atoms with Gasteiger partial charge in [0.2, 0.25) is 5.91 Å². The van der Waals surface area contributed by atoms with Crippen LogP contribution in [0, 0.1) is 0 Å². The van der Waals surface area contributed by atoms with Gasteiger partial charge in [-0.1, -0.05) is 12.1 Å². The maximum absolute atomic E-state index is 11.4. The molecule has 1 atom stereocenters. The zero-order valence-corrected chi connectivity index (χ0v) is 11.3. The number of ether oxygens (including phenoxy) is 1. The minimum Gasteiger partial charge on any atom is -0.504 e. The Kier molecular flexibility index (Phi) is 4.27. The smallest absolute Gasteiger partial charge is 0.224 e. The summed E-state index contributed by atoms with van der Waals surface area (Å²) < 4.78 is 5.34. The predicted octanol–water partition coefficient (Wildman–Crippen LogP) is 1.11. The fourth-order valence-electron chi connectivity index (χ4n) is 2.24. The first-order valence-corrected chi connectivity index (χ1v) is 6.52. The van der Waals surface area contributed by atoms with Crippen LogP contribution in [0.15, 0.2) is 18.2 Å². The molecule has 2 rings (SSSR count). The van der Waals surface area contributed by atoms with Crippen LogP contribution in [-0.4, -0.2) is 42.2 Å². The monoisotopic (exact) mass is 264 g/mol. The van der Waals surface area contributed by atoms with Gasteiger partial charge in [0.1, 0.15) is 0 Å². The molecule has 1 fully saturated rings. The van der Waals surface area contributed by atoms with Gasteiger partial charge < -0.3 is 20.1 Å². The summed E-state index contributed by atoms with van der Waals surface area (Å²) in [6, 6.07) is 5.60. The van der Waals surface area contributed by atoms with Gasteiger partial charge in [-0.15, -0.1) is 0 Å². The number of aromatic hydroxyl groups is 1. The molecular formula is C14H20N2O3. The van der Waals surface area contributed by atoms with E-state index in [0.29, 0.717) is 31.9 Å². The Morgan fingerprint density at radius 1 is 1.53 bits per heavy atom. The van der Waals surface area contributed by atoms with E-state index >= 15 is 0 Å². The first-order chi connectivity index (χ1) is 9.11. The van der Waals surface area contributed by atoms with E-state index in [1.165, 1.54) is 0 Å². The fourth-order valence-corrected chi connectivity index (χ4v) is 2.24. The molecule has 1 aliphatic rings. The highest BCUT2D eigenvalue weighted by Crippen LogP contribution is 2.29. The topological polar surface area (TPSA) is 61.8 Å². The number of para-hydroxylation sites is 1. The lowest BCUT2D eigenvalue weighted by molar-refractivity contribution is -0.126. The van der Waals surface area contributed by atoms with E-state index in [0.717, 1.165) is 5.56 Å². The van der Waals surface area contributed by atoms with Gasteiger partial charge >= 0.3 is 0 Å². The molecular weight excluding hydrogens is 244 g/mol. The number of carbonyl (C=O) groups is 1. The third-order valence-corrected chi connectivity index (χ3v) is 3.30. The summed E-state index contributed by atoms with van der Waals surface area (Å²) in [5, 5.41) is 13.3. The van der Waals surface area contributed by atoms with Crippen LogP contribution < -0.4 is 10.1 Å². The Morgan fingerprint density at radius 3 is 2.95 bits per heavy atom. The van der Waals surface area contributed by atoms with E-state index in [9.17, 15) is 9.90 Å². The van der Waals surface area contributed by atoms with Gasteiger partial charge in [0.15, 0.2) is 11.5 Å². The summed E-state index contributed by atoms with van der Waals surface area (Å²) in [6.07, 6.45) is 0.516. The van der Waals surface area contributed by atoms with Crippen LogP contribution in [0.1, 0.15) is 18.9 Å². The summed E-state index contributed by atoms with van der Waals surface area (Å²) in [6.45, 7) is 3.64. The van der Waals surface area contributed by atoms with E-state index in [-0.39, 0.29) is 17.7 Å². The highest BCUT2D eigenvalue weighted by molar-refractivity contribution is 5.78. The van der Waals surface area contributed by atoms with Crippen molar-refractivity contribution in [1.82, 2.24) is 10.2 Å². The minimum atomic E-state index is 0.146. The molecule has 0 unspecified atom stereocenters. The molecule has 0 aliphatic carbocycles. The van der Waals surface area contributed by atoms with Gasteiger partial charge in [0.25, 0.3) is 0 Å². The number of benzene rings is 1. The maximum atomic E-state index is 11.4. The van der Waals surface area contributed by atoms with Gasteiger partial charge in [0, 0.05) is 38.2 Å². The highest BCUT2D eigenvalue weighted by Gasteiger charge is 2.26. The standard InChI is InChI=1S/C14H20N2O3/c1-3-19-12-6-4-5-10(14(12)18)8-15-11-7-13(17)16(2)9-11/h4-6,11,15,18H,3,7-9H2,1-2H3/t11-/m1/s1. The molecule has 1 heterocycles. The first kappa shape index (κ1) is 13.7. The van der Waals surface area contributed by atoms with Crippen LogP contribution in [0.3, 0.4) is 0 Å². The number of likely N-dealkylation sites (N-methyl/N-ethyl adjacent to an activating group) is 1. The van der Waals surface area contributed by atoms with E-state index in [1.54, 1.807) is 18.0 Å². The molecule has 104 valence electrons. The molecule has 0 radical (unpaired) electrons. The molecule has 1 aromatic rings. The Balaban J connectivity index is 1.96. The number of nitrogens with zero attached hydrogens (tertiary/aromatic N) is 1. The number of phenols is 1. The fraction of sp³-hybridized carbons (Fsp3) is 0.500. The second kappa shape index (κ2) is 5.93. The van der Waals surface area contributed by atoms with Crippen molar-refractivity contribution in [1.29, 1.82) is 0 Å². The van der Waals surface area contributed by atoms with Crippen molar-refractivity contribution in [3.8, 4) is 11.5 Å². The van der Waals surface area contributed by atoms with Crippen molar-refractivity contribution in [3.05, 3.63) is 23.8 Å². The molecule has 5 heteroatoms. The number of likely N-dealkylation sites (tertiary alicyclic amines) is 1. The summed E-state index contributed by atoms with van der Waals surface area (Å²) >= 11 is 0. The minimum absolute atomic E-state index is 0.146.